The van der Waals surface area contributed by atoms with E-state index in [4.69, 9.17) is 15.6 Å². The molecule has 0 spiro atoms. The van der Waals surface area contributed by atoms with Gasteiger partial charge in [-0.25, -0.2) is 0 Å². The van der Waals surface area contributed by atoms with Crippen molar-refractivity contribution >= 4 is 0 Å². The smallest absolute Gasteiger partial charge is 0.0666 e. The highest BCUT2D eigenvalue weighted by atomic mass is 16.5. The van der Waals surface area contributed by atoms with Crippen LogP contribution in [-0.4, -0.2) is 30.5 Å². The molecule has 3 nitrogen and oxygen atoms in total. The second kappa shape index (κ2) is 4.70. The summed E-state index contributed by atoms with van der Waals surface area (Å²) in [4.78, 5) is 0. The molecular weight excluding hydrogens is 142 g/mol. The Morgan fingerprint density at radius 3 is 2.45 bits per heavy atom. The number of ether oxygens (including phenoxy) is 1. The highest BCUT2D eigenvalue weighted by molar-refractivity contribution is 4.76. The number of rotatable bonds is 5. The van der Waals surface area contributed by atoms with Gasteiger partial charge in [-0.15, -0.1) is 0 Å². The topological polar surface area (TPSA) is 55.5 Å². The van der Waals surface area contributed by atoms with Gasteiger partial charge in [-0.3, -0.25) is 0 Å². The Morgan fingerprint density at radius 2 is 2.09 bits per heavy atom. The molecule has 1 unspecified atom stereocenters. The van der Waals surface area contributed by atoms with Gasteiger partial charge in [0.25, 0.3) is 0 Å². The van der Waals surface area contributed by atoms with Crippen LogP contribution in [0.3, 0.4) is 0 Å². The summed E-state index contributed by atoms with van der Waals surface area (Å²) in [6, 6.07) is 0. The van der Waals surface area contributed by atoms with Crippen molar-refractivity contribution < 1.29 is 9.84 Å². The lowest BCUT2D eigenvalue weighted by molar-refractivity contribution is 0.0493. The number of aliphatic hydroxyl groups is 1. The summed E-state index contributed by atoms with van der Waals surface area (Å²) < 4.78 is 5.27. The first kappa shape index (κ1) is 10.9. The first-order chi connectivity index (χ1) is 4.98. The van der Waals surface area contributed by atoms with Crippen LogP contribution in [0.25, 0.3) is 0 Å². The zero-order valence-electron chi connectivity index (χ0n) is 7.63. The third-order valence-electron chi connectivity index (χ3n) is 1.24. The van der Waals surface area contributed by atoms with E-state index < -0.39 is 5.54 Å². The molecule has 0 aromatic heterocycles. The van der Waals surface area contributed by atoms with E-state index in [2.05, 4.69) is 13.8 Å². The number of hydrogen-bond donors (Lipinski definition) is 2. The molecule has 3 N–H and O–H groups in total. The van der Waals surface area contributed by atoms with Gasteiger partial charge in [0.1, 0.15) is 0 Å². The van der Waals surface area contributed by atoms with Crippen LogP contribution in [-0.2, 0) is 4.74 Å². The summed E-state index contributed by atoms with van der Waals surface area (Å²) in [5, 5.41) is 8.75. The molecule has 0 rings (SSSR count). The highest BCUT2D eigenvalue weighted by Crippen LogP contribution is 2.00. The van der Waals surface area contributed by atoms with Crippen LogP contribution in [0.4, 0.5) is 0 Å². The Kier molecular flexibility index (Phi) is 4.65. The molecule has 0 fully saturated rings. The summed E-state index contributed by atoms with van der Waals surface area (Å²) >= 11 is 0. The Morgan fingerprint density at radius 1 is 1.55 bits per heavy atom. The molecule has 68 valence electrons. The summed E-state index contributed by atoms with van der Waals surface area (Å²) in [6.07, 6.45) is 0. The van der Waals surface area contributed by atoms with E-state index in [-0.39, 0.29) is 6.61 Å². The molecular formula is C8H19NO2. The van der Waals surface area contributed by atoms with Crippen molar-refractivity contribution in [3.8, 4) is 0 Å². The summed E-state index contributed by atoms with van der Waals surface area (Å²) in [6.45, 7) is 7.01. The Labute approximate surface area is 68.5 Å². The van der Waals surface area contributed by atoms with Gasteiger partial charge in [-0.1, -0.05) is 13.8 Å². The average molecular weight is 161 g/mol. The van der Waals surface area contributed by atoms with Crippen molar-refractivity contribution in [3.63, 3.8) is 0 Å². The fourth-order valence-electron chi connectivity index (χ4n) is 0.573. The van der Waals surface area contributed by atoms with E-state index in [1.54, 1.807) is 6.92 Å². The fourth-order valence-corrected chi connectivity index (χ4v) is 0.573. The summed E-state index contributed by atoms with van der Waals surface area (Å²) in [7, 11) is 0. The van der Waals surface area contributed by atoms with Crippen LogP contribution >= 0.6 is 0 Å². The molecule has 0 saturated carbocycles. The van der Waals surface area contributed by atoms with Crippen LogP contribution in [0.5, 0.6) is 0 Å². The van der Waals surface area contributed by atoms with E-state index >= 15 is 0 Å². The predicted octanol–water partition coefficient (Wildman–Crippen LogP) is 0.369. The average Bonchev–Trinajstić information content (AvgIpc) is 1.87. The van der Waals surface area contributed by atoms with Crippen molar-refractivity contribution in [1.82, 2.24) is 0 Å². The highest BCUT2D eigenvalue weighted by Gasteiger charge is 2.16. The largest absolute Gasteiger partial charge is 0.394 e. The van der Waals surface area contributed by atoms with E-state index in [1.165, 1.54) is 0 Å². The Balaban J connectivity index is 3.38. The van der Waals surface area contributed by atoms with E-state index in [1.807, 2.05) is 0 Å². The van der Waals surface area contributed by atoms with Gasteiger partial charge in [0.05, 0.1) is 18.8 Å². The van der Waals surface area contributed by atoms with Gasteiger partial charge >= 0.3 is 0 Å². The van der Waals surface area contributed by atoms with Crippen molar-refractivity contribution in [1.29, 1.82) is 0 Å². The van der Waals surface area contributed by atoms with Crippen molar-refractivity contribution in [2.75, 3.05) is 19.8 Å². The molecule has 3 heteroatoms. The number of aliphatic hydroxyl groups excluding tert-OH is 1. The third-order valence-corrected chi connectivity index (χ3v) is 1.24. The van der Waals surface area contributed by atoms with Crippen molar-refractivity contribution in [3.05, 3.63) is 0 Å². The Bertz CT molecular complexity index is 102. The fraction of sp³-hybridized carbons (Fsp3) is 1.00. The van der Waals surface area contributed by atoms with Gasteiger partial charge < -0.3 is 15.6 Å². The minimum absolute atomic E-state index is 0.0366. The molecule has 0 heterocycles. The zero-order chi connectivity index (χ0) is 8.91. The monoisotopic (exact) mass is 161 g/mol. The molecule has 0 aliphatic heterocycles. The lowest BCUT2D eigenvalue weighted by Crippen LogP contribution is -2.45. The Hall–Kier alpha value is -0.120. The van der Waals surface area contributed by atoms with E-state index in [0.717, 1.165) is 0 Å². The minimum Gasteiger partial charge on any atom is -0.394 e. The van der Waals surface area contributed by atoms with Gasteiger partial charge in [0, 0.05) is 6.61 Å². The summed E-state index contributed by atoms with van der Waals surface area (Å²) in [5.41, 5.74) is 5.04. The zero-order valence-corrected chi connectivity index (χ0v) is 7.63. The maximum atomic E-state index is 8.75. The van der Waals surface area contributed by atoms with Gasteiger partial charge in [-0.05, 0) is 12.8 Å². The molecule has 0 bridgehead atoms. The number of nitrogens with two attached hydrogens (primary N) is 1. The van der Waals surface area contributed by atoms with Crippen LogP contribution in [0.2, 0.25) is 0 Å². The maximum Gasteiger partial charge on any atom is 0.0666 e. The number of hydrogen-bond acceptors (Lipinski definition) is 3. The first-order valence-electron chi connectivity index (χ1n) is 3.95. The lowest BCUT2D eigenvalue weighted by atomic mass is 10.1. The normalized spacial score (nSPS) is 16.9. The van der Waals surface area contributed by atoms with Crippen molar-refractivity contribution in [2.24, 2.45) is 11.7 Å². The van der Waals surface area contributed by atoms with Crippen molar-refractivity contribution in [2.45, 2.75) is 26.3 Å². The predicted molar refractivity (Wildman–Crippen MR) is 45.3 cm³/mol. The quantitative estimate of drug-likeness (QED) is 0.612. The van der Waals surface area contributed by atoms with Crippen LogP contribution < -0.4 is 5.73 Å². The van der Waals surface area contributed by atoms with Gasteiger partial charge in [-0.2, -0.15) is 0 Å². The molecule has 0 amide bonds. The molecule has 0 aliphatic carbocycles. The van der Waals surface area contributed by atoms with Crippen LogP contribution in [0.1, 0.15) is 20.8 Å². The van der Waals surface area contributed by atoms with E-state index in [0.29, 0.717) is 19.1 Å². The van der Waals surface area contributed by atoms with Crippen LogP contribution in [0.15, 0.2) is 0 Å². The third kappa shape index (κ3) is 6.28. The minimum atomic E-state index is -0.588. The SMILES string of the molecule is CC(C)COCC(C)(N)CO. The van der Waals surface area contributed by atoms with Crippen LogP contribution in [0, 0.1) is 5.92 Å². The standard InChI is InChI=1S/C8H19NO2/c1-7(2)4-11-6-8(3,9)5-10/h7,10H,4-6,9H2,1-3H3. The summed E-state index contributed by atoms with van der Waals surface area (Å²) in [5.74, 6) is 0.518. The molecule has 11 heavy (non-hydrogen) atoms. The molecule has 0 aromatic rings. The molecule has 0 aliphatic rings. The second-order valence-electron chi connectivity index (χ2n) is 3.72. The molecule has 1 atom stereocenters. The first-order valence-corrected chi connectivity index (χ1v) is 3.95. The molecule has 0 aromatic carbocycles. The lowest BCUT2D eigenvalue weighted by Gasteiger charge is -2.21. The maximum absolute atomic E-state index is 8.75. The van der Waals surface area contributed by atoms with Gasteiger partial charge in [0.15, 0.2) is 0 Å². The van der Waals surface area contributed by atoms with Gasteiger partial charge in [0.2, 0.25) is 0 Å². The van der Waals surface area contributed by atoms with E-state index in [9.17, 15) is 0 Å². The second-order valence-corrected chi connectivity index (χ2v) is 3.72. The molecule has 0 saturated heterocycles. The molecule has 0 radical (unpaired) electrons.